The lowest BCUT2D eigenvalue weighted by atomic mass is 10.3. The summed E-state index contributed by atoms with van der Waals surface area (Å²) < 4.78 is 79.0. The Bertz CT molecular complexity index is 206. The zero-order valence-corrected chi connectivity index (χ0v) is 6.89. The zero-order valence-electron chi connectivity index (χ0n) is 6.89. The third-order valence-electron chi connectivity index (χ3n) is 1.25. The lowest BCUT2D eigenvalue weighted by Crippen LogP contribution is -2.58. The number of ether oxygens (including phenoxy) is 2. The maximum Gasteiger partial charge on any atom is 0.458 e. The SMILES string of the molecule is OCOC(F)(F)C(F)(OCO)C(F)(F)F. The van der Waals surface area contributed by atoms with E-state index in [9.17, 15) is 26.3 Å². The molecule has 0 spiro atoms. The average molecular weight is 244 g/mol. The summed E-state index contributed by atoms with van der Waals surface area (Å²) in [5.74, 6) is -5.53. The Kier molecular flexibility index (Phi) is 4.34. The Morgan fingerprint density at radius 2 is 1.20 bits per heavy atom. The normalized spacial score (nSPS) is 17.6. The van der Waals surface area contributed by atoms with Gasteiger partial charge < -0.3 is 14.9 Å². The summed E-state index contributed by atoms with van der Waals surface area (Å²) in [4.78, 5) is 0. The Balaban J connectivity index is 5.10. The van der Waals surface area contributed by atoms with Crippen LogP contribution in [0, 0.1) is 0 Å². The molecule has 0 aromatic rings. The maximum absolute atomic E-state index is 12.8. The van der Waals surface area contributed by atoms with Gasteiger partial charge in [-0.3, -0.25) is 4.74 Å². The first kappa shape index (κ1) is 14.4. The van der Waals surface area contributed by atoms with Gasteiger partial charge in [0.15, 0.2) is 0 Å². The largest absolute Gasteiger partial charge is 0.458 e. The number of hydrogen-bond donors (Lipinski definition) is 2. The molecule has 0 fully saturated rings. The van der Waals surface area contributed by atoms with Crippen LogP contribution in [0.25, 0.3) is 0 Å². The third-order valence-corrected chi connectivity index (χ3v) is 1.25. The van der Waals surface area contributed by atoms with E-state index in [4.69, 9.17) is 10.2 Å². The highest BCUT2D eigenvalue weighted by molar-refractivity contribution is 4.86. The first-order valence-electron chi connectivity index (χ1n) is 3.25. The molecule has 2 N–H and O–H groups in total. The molecule has 92 valence electrons. The van der Waals surface area contributed by atoms with Gasteiger partial charge in [0, 0.05) is 0 Å². The van der Waals surface area contributed by atoms with Crippen LogP contribution in [0.1, 0.15) is 0 Å². The highest BCUT2D eigenvalue weighted by atomic mass is 19.4. The van der Waals surface area contributed by atoms with Crippen molar-refractivity contribution in [3.05, 3.63) is 0 Å². The lowest BCUT2D eigenvalue weighted by molar-refractivity contribution is -0.471. The molecule has 0 aromatic carbocycles. The predicted molar refractivity (Wildman–Crippen MR) is 31.2 cm³/mol. The molecule has 0 heterocycles. The highest BCUT2D eigenvalue weighted by Crippen LogP contribution is 2.46. The second kappa shape index (κ2) is 4.51. The minimum absolute atomic E-state index is 1.86. The monoisotopic (exact) mass is 244 g/mol. The van der Waals surface area contributed by atoms with Crippen molar-refractivity contribution in [2.45, 2.75) is 18.1 Å². The van der Waals surface area contributed by atoms with E-state index < -0.39 is 31.7 Å². The zero-order chi connectivity index (χ0) is 12.3. The van der Waals surface area contributed by atoms with Gasteiger partial charge in [-0.05, 0) is 0 Å². The van der Waals surface area contributed by atoms with Crippen molar-refractivity contribution in [3.8, 4) is 0 Å². The van der Waals surface area contributed by atoms with Crippen molar-refractivity contribution < 1.29 is 46.0 Å². The molecule has 0 bridgehead atoms. The van der Waals surface area contributed by atoms with Gasteiger partial charge in [-0.25, -0.2) is 0 Å². The van der Waals surface area contributed by atoms with Gasteiger partial charge in [-0.2, -0.15) is 26.3 Å². The van der Waals surface area contributed by atoms with Gasteiger partial charge in [0.05, 0.1) is 0 Å². The summed E-state index contributed by atoms with van der Waals surface area (Å²) in [5, 5.41) is 15.7. The number of rotatable bonds is 5. The molecular formula is C5H6F6O4. The Morgan fingerprint density at radius 1 is 0.800 bits per heavy atom. The summed E-state index contributed by atoms with van der Waals surface area (Å²) in [5.41, 5.74) is 0. The molecule has 1 unspecified atom stereocenters. The van der Waals surface area contributed by atoms with Crippen LogP contribution < -0.4 is 0 Å². The number of hydrogen-bond acceptors (Lipinski definition) is 4. The van der Waals surface area contributed by atoms with Crippen LogP contribution in [-0.4, -0.2) is 41.9 Å². The van der Waals surface area contributed by atoms with E-state index in [-0.39, 0.29) is 0 Å². The quantitative estimate of drug-likeness (QED) is 0.553. The molecule has 0 radical (unpaired) electrons. The number of aliphatic hydroxyl groups excluding tert-OH is 2. The van der Waals surface area contributed by atoms with Crippen molar-refractivity contribution in [3.63, 3.8) is 0 Å². The molecule has 0 aliphatic carbocycles. The van der Waals surface area contributed by atoms with Gasteiger partial charge in [-0.15, -0.1) is 0 Å². The summed E-state index contributed by atoms with van der Waals surface area (Å²) in [6, 6.07) is 0. The van der Waals surface area contributed by atoms with E-state index in [1.807, 2.05) is 0 Å². The molecule has 0 aromatic heterocycles. The van der Waals surface area contributed by atoms with Crippen molar-refractivity contribution in [1.29, 1.82) is 0 Å². The van der Waals surface area contributed by atoms with E-state index in [2.05, 4.69) is 9.47 Å². The minimum Gasteiger partial charge on any atom is -0.370 e. The smallest absolute Gasteiger partial charge is 0.370 e. The molecule has 10 heteroatoms. The number of halogens is 6. The lowest BCUT2D eigenvalue weighted by Gasteiger charge is -2.32. The predicted octanol–water partition coefficient (Wildman–Crippen LogP) is 0.740. The molecule has 1 atom stereocenters. The van der Waals surface area contributed by atoms with Gasteiger partial charge in [0.2, 0.25) is 0 Å². The second-order valence-electron chi connectivity index (χ2n) is 2.16. The van der Waals surface area contributed by atoms with Crippen molar-refractivity contribution in [1.82, 2.24) is 0 Å². The van der Waals surface area contributed by atoms with E-state index >= 15 is 0 Å². The summed E-state index contributed by atoms with van der Waals surface area (Å²) >= 11 is 0. The van der Waals surface area contributed by atoms with Gasteiger partial charge in [-0.1, -0.05) is 0 Å². The summed E-state index contributed by atoms with van der Waals surface area (Å²) in [7, 11) is 0. The molecule has 0 saturated heterocycles. The molecular weight excluding hydrogens is 238 g/mol. The van der Waals surface area contributed by atoms with Crippen molar-refractivity contribution in [2.24, 2.45) is 0 Å². The maximum atomic E-state index is 12.8. The fourth-order valence-electron chi connectivity index (χ4n) is 0.594. The molecule has 15 heavy (non-hydrogen) atoms. The van der Waals surface area contributed by atoms with Crippen LogP contribution in [0.4, 0.5) is 26.3 Å². The molecule has 0 saturated carbocycles. The van der Waals surface area contributed by atoms with Crippen LogP contribution in [-0.2, 0) is 9.47 Å². The van der Waals surface area contributed by atoms with E-state index in [0.29, 0.717) is 0 Å². The second-order valence-corrected chi connectivity index (χ2v) is 2.16. The molecule has 0 aliphatic rings. The van der Waals surface area contributed by atoms with E-state index in [0.717, 1.165) is 0 Å². The topological polar surface area (TPSA) is 58.9 Å². The summed E-state index contributed by atoms with van der Waals surface area (Å²) in [6.45, 7) is -3.80. The Hall–Kier alpha value is -0.580. The van der Waals surface area contributed by atoms with Crippen LogP contribution in [0.3, 0.4) is 0 Å². The van der Waals surface area contributed by atoms with Gasteiger partial charge in [0.25, 0.3) is 0 Å². The fourth-order valence-corrected chi connectivity index (χ4v) is 0.594. The van der Waals surface area contributed by atoms with Gasteiger partial charge >= 0.3 is 18.1 Å². The molecule has 4 nitrogen and oxygen atoms in total. The number of aliphatic hydroxyl groups is 2. The van der Waals surface area contributed by atoms with E-state index in [1.54, 1.807) is 0 Å². The number of alkyl halides is 6. The van der Waals surface area contributed by atoms with Crippen LogP contribution in [0.5, 0.6) is 0 Å². The van der Waals surface area contributed by atoms with Crippen LogP contribution >= 0.6 is 0 Å². The Morgan fingerprint density at radius 3 is 1.47 bits per heavy atom. The third kappa shape index (κ3) is 2.71. The van der Waals surface area contributed by atoms with Crippen LogP contribution in [0.15, 0.2) is 0 Å². The molecule has 0 rings (SSSR count). The Labute approximate surface area is 79.0 Å². The van der Waals surface area contributed by atoms with Gasteiger partial charge in [0.1, 0.15) is 13.6 Å². The standard InChI is InChI=1S/C5H6F6O4/c6-3(14-1-12,4(7,8)9)5(10,11)15-2-13/h12-13H,1-2H2. The summed E-state index contributed by atoms with van der Waals surface area (Å²) in [6.07, 6.45) is -11.6. The minimum atomic E-state index is -6.14. The van der Waals surface area contributed by atoms with E-state index in [1.165, 1.54) is 0 Å². The first-order valence-corrected chi connectivity index (χ1v) is 3.25. The first-order chi connectivity index (χ1) is 6.62. The van der Waals surface area contributed by atoms with Crippen molar-refractivity contribution in [2.75, 3.05) is 13.6 Å². The molecule has 0 amide bonds. The van der Waals surface area contributed by atoms with Crippen LogP contribution in [0.2, 0.25) is 0 Å². The average Bonchev–Trinajstić information content (AvgIpc) is 2.02. The molecule has 0 aliphatic heterocycles. The fraction of sp³-hybridized carbons (Fsp3) is 1.00. The highest BCUT2D eigenvalue weighted by Gasteiger charge is 2.74. The van der Waals surface area contributed by atoms with Crippen molar-refractivity contribution >= 4 is 0 Å².